The molecule has 94 valence electrons. The summed E-state index contributed by atoms with van der Waals surface area (Å²) in [6, 6.07) is -0.461. The van der Waals surface area contributed by atoms with Crippen LogP contribution in [-0.4, -0.2) is 51.5 Å². The van der Waals surface area contributed by atoms with E-state index in [1.54, 1.807) is 6.92 Å². The fourth-order valence-corrected chi connectivity index (χ4v) is 1.09. The SMILES string of the molecule is CC(C(=O)NCCOCC(=O)O)n1cncn1. The maximum absolute atomic E-state index is 11.6. The van der Waals surface area contributed by atoms with Crippen LogP contribution in [0, 0.1) is 0 Å². The first kappa shape index (κ1) is 13.1. The van der Waals surface area contributed by atoms with E-state index in [9.17, 15) is 9.59 Å². The molecule has 0 bridgehead atoms. The molecule has 1 atom stereocenters. The molecule has 1 amide bonds. The molecule has 8 nitrogen and oxygen atoms in total. The van der Waals surface area contributed by atoms with Crippen LogP contribution < -0.4 is 5.32 Å². The summed E-state index contributed by atoms with van der Waals surface area (Å²) in [7, 11) is 0. The van der Waals surface area contributed by atoms with Gasteiger partial charge in [-0.05, 0) is 6.92 Å². The summed E-state index contributed by atoms with van der Waals surface area (Å²) in [6.45, 7) is 1.73. The van der Waals surface area contributed by atoms with E-state index in [0.29, 0.717) is 0 Å². The molecule has 0 spiro atoms. The van der Waals surface area contributed by atoms with Crippen molar-refractivity contribution in [3.63, 3.8) is 0 Å². The number of rotatable bonds is 7. The summed E-state index contributed by atoms with van der Waals surface area (Å²) in [4.78, 5) is 25.4. The predicted molar refractivity (Wildman–Crippen MR) is 56.2 cm³/mol. The van der Waals surface area contributed by atoms with Crippen LogP contribution in [0.15, 0.2) is 12.7 Å². The zero-order chi connectivity index (χ0) is 12.7. The molecular formula is C9H14N4O4. The van der Waals surface area contributed by atoms with E-state index in [1.807, 2.05) is 0 Å². The van der Waals surface area contributed by atoms with Gasteiger partial charge < -0.3 is 15.2 Å². The molecular weight excluding hydrogens is 228 g/mol. The standard InChI is InChI=1S/C9H14N4O4/c1-7(13-6-10-5-12-13)9(16)11-2-3-17-4-8(14)15/h5-7H,2-4H2,1H3,(H,11,16)(H,14,15). The fraction of sp³-hybridized carbons (Fsp3) is 0.556. The monoisotopic (exact) mass is 242 g/mol. The molecule has 1 rings (SSSR count). The molecule has 0 aliphatic rings. The van der Waals surface area contributed by atoms with Crippen molar-refractivity contribution >= 4 is 11.9 Å². The molecule has 1 aromatic rings. The number of hydrogen-bond donors (Lipinski definition) is 2. The molecule has 17 heavy (non-hydrogen) atoms. The second-order valence-corrected chi connectivity index (χ2v) is 3.29. The lowest BCUT2D eigenvalue weighted by atomic mass is 10.3. The fourth-order valence-electron chi connectivity index (χ4n) is 1.09. The Labute approximate surface area is 97.6 Å². The largest absolute Gasteiger partial charge is 0.480 e. The molecule has 1 aromatic heterocycles. The number of carboxylic acid groups (broad SMARTS) is 1. The maximum Gasteiger partial charge on any atom is 0.329 e. The zero-order valence-corrected chi connectivity index (χ0v) is 9.37. The lowest BCUT2D eigenvalue weighted by molar-refractivity contribution is -0.142. The Morgan fingerprint density at radius 2 is 2.35 bits per heavy atom. The van der Waals surface area contributed by atoms with E-state index in [2.05, 4.69) is 15.4 Å². The van der Waals surface area contributed by atoms with Crippen molar-refractivity contribution < 1.29 is 19.4 Å². The molecule has 0 saturated heterocycles. The summed E-state index contributed by atoms with van der Waals surface area (Å²) < 4.78 is 6.19. The van der Waals surface area contributed by atoms with E-state index in [0.717, 1.165) is 0 Å². The average molecular weight is 242 g/mol. The molecule has 0 radical (unpaired) electrons. The van der Waals surface area contributed by atoms with Crippen molar-refractivity contribution in [1.82, 2.24) is 20.1 Å². The van der Waals surface area contributed by atoms with Crippen molar-refractivity contribution in [2.24, 2.45) is 0 Å². The molecule has 1 heterocycles. The smallest absolute Gasteiger partial charge is 0.329 e. The Kier molecular flexibility index (Phi) is 5.08. The van der Waals surface area contributed by atoms with Gasteiger partial charge in [0.2, 0.25) is 5.91 Å². The topological polar surface area (TPSA) is 106 Å². The van der Waals surface area contributed by atoms with Crippen molar-refractivity contribution in [3.05, 3.63) is 12.7 Å². The average Bonchev–Trinajstić information content (AvgIpc) is 2.80. The molecule has 1 unspecified atom stereocenters. The number of aliphatic carboxylic acids is 1. The second kappa shape index (κ2) is 6.59. The molecule has 0 aliphatic carbocycles. The molecule has 0 aromatic carbocycles. The Balaban J connectivity index is 2.19. The number of nitrogens with one attached hydrogen (secondary N) is 1. The van der Waals surface area contributed by atoms with Gasteiger partial charge in [0, 0.05) is 6.54 Å². The number of carboxylic acids is 1. The summed E-state index contributed by atoms with van der Waals surface area (Å²) in [6.07, 6.45) is 2.80. The van der Waals surface area contributed by atoms with Gasteiger partial charge in [0.15, 0.2) is 0 Å². The van der Waals surface area contributed by atoms with Gasteiger partial charge >= 0.3 is 5.97 Å². The van der Waals surface area contributed by atoms with Gasteiger partial charge in [-0.2, -0.15) is 5.10 Å². The number of amides is 1. The minimum absolute atomic E-state index is 0.155. The highest BCUT2D eigenvalue weighted by Crippen LogP contribution is 2.00. The highest BCUT2D eigenvalue weighted by Gasteiger charge is 2.14. The Morgan fingerprint density at radius 1 is 1.59 bits per heavy atom. The van der Waals surface area contributed by atoms with Crippen LogP contribution in [0.4, 0.5) is 0 Å². The minimum Gasteiger partial charge on any atom is -0.480 e. The number of nitrogens with zero attached hydrogens (tertiary/aromatic N) is 3. The van der Waals surface area contributed by atoms with Crippen LogP contribution in [0.5, 0.6) is 0 Å². The van der Waals surface area contributed by atoms with E-state index in [-0.39, 0.29) is 25.7 Å². The minimum atomic E-state index is -1.03. The summed E-state index contributed by atoms with van der Waals surface area (Å²) in [5.74, 6) is -1.26. The number of carbonyl (C=O) groups excluding carboxylic acids is 1. The van der Waals surface area contributed by atoms with Gasteiger partial charge in [-0.25, -0.2) is 14.5 Å². The first-order valence-corrected chi connectivity index (χ1v) is 5.02. The normalized spacial score (nSPS) is 12.1. The quantitative estimate of drug-likeness (QED) is 0.597. The Morgan fingerprint density at radius 3 is 2.94 bits per heavy atom. The van der Waals surface area contributed by atoms with Crippen molar-refractivity contribution in [1.29, 1.82) is 0 Å². The van der Waals surface area contributed by atoms with Crippen LogP contribution in [0.2, 0.25) is 0 Å². The number of ether oxygens (including phenoxy) is 1. The first-order valence-electron chi connectivity index (χ1n) is 5.02. The lowest BCUT2D eigenvalue weighted by Crippen LogP contribution is -2.33. The number of carbonyl (C=O) groups is 2. The highest BCUT2D eigenvalue weighted by molar-refractivity contribution is 5.79. The highest BCUT2D eigenvalue weighted by atomic mass is 16.5. The Hall–Kier alpha value is -1.96. The van der Waals surface area contributed by atoms with Crippen LogP contribution in [-0.2, 0) is 14.3 Å². The molecule has 2 N–H and O–H groups in total. The number of hydrogen-bond acceptors (Lipinski definition) is 5. The molecule has 0 fully saturated rings. The molecule has 8 heteroatoms. The third kappa shape index (κ3) is 4.60. The van der Waals surface area contributed by atoms with Gasteiger partial charge in [-0.15, -0.1) is 0 Å². The predicted octanol–water partition coefficient (Wildman–Crippen LogP) is -0.943. The summed E-state index contributed by atoms with van der Waals surface area (Å²) in [5.41, 5.74) is 0. The van der Waals surface area contributed by atoms with Gasteiger partial charge in [0.05, 0.1) is 6.61 Å². The second-order valence-electron chi connectivity index (χ2n) is 3.29. The summed E-state index contributed by atoms with van der Waals surface area (Å²) in [5, 5.41) is 14.7. The van der Waals surface area contributed by atoms with Crippen molar-refractivity contribution in [2.75, 3.05) is 19.8 Å². The zero-order valence-electron chi connectivity index (χ0n) is 9.37. The molecule has 0 saturated carbocycles. The lowest BCUT2D eigenvalue weighted by Gasteiger charge is -2.11. The van der Waals surface area contributed by atoms with Gasteiger partial charge in [-0.1, -0.05) is 0 Å². The van der Waals surface area contributed by atoms with Crippen LogP contribution in [0.1, 0.15) is 13.0 Å². The van der Waals surface area contributed by atoms with Gasteiger partial charge in [0.1, 0.15) is 25.3 Å². The summed E-state index contributed by atoms with van der Waals surface area (Å²) >= 11 is 0. The van der Waals surface area contributed by atoms with Crippen LogP contribution >= 0.6 is 0 Å². The van der Waals surface area contributed by atoms with E-state index in [4.69, 9.17) is 9.84 Å². The van der Waals surface area contributed by atoms with Crippen LogP contribution in [0.25, 0.3) is 0 Å². The van der Waals surface area contributed by atoms with E-state index < -0.39 is 12.0 Å². The van der Waals surface area contributed by atoms with Crippen LogP contribution in [0.3, 0.4) is 0 Å². The first-order chi connectivity index (χ1) is 8.11. The van der Waals surface area contributed by atoms with Crippen molar-refractivity contribution in [3.8, 4) is 0 Å². The van der Waals surface area contributed by atoms with Gasteiger partial charge in [-0.3, -0.25) is 4.79 Å². The maximum atomic E-state index is 11.6. The van der Waals surface area contributed by atoms with E-state index >= 15 is 0 Å². The number of aromatic nitrogens is 3. The third-order valence-corrected chi connectivity index (χ3v) is 1.98. The van der Waals surface area contributed by atoms with Crippen molar-refractivity contribution in [2.45, 2.75) is 13.0 Å². The molecule has 0 aliphatic heterocycles. The van der Waals surface area contributed by atoms with Gasteiger partial charge in [0.25, 0.3) is 0 Å². The third-order valence-electron chi connectivity index (χ3n) is 1.98. The van der Waals surface area contributed by atoms with E-state index in [1.165, 1.54) is 17.3 Å². The Bertz CT molecular complexity index is 365.